The Morgan fingerprint density at radius 3 is 2.25 bits per heavy atom. The Morgan fingerprint density at radius 1 is 0.750 bits per heavy atom. The van der Waals surface area contributed by atoms with Crippen molar-refractivity contribution in [1.82, 2.24) is 9.97 Å². The third-order valence-electron chi connectivity index (χ3n) is 4.48. The molecule has 4 heteroatoms. The zero-order valence-corrected chi connectivity index (χ0v) is 16.1. The van der Waals surface area contributed by atoms with Gasteiger partial charge in [0.15, 0.2) is 0 Å². The fourth-order valence-corrected chi connectivity index (χ4v) is 3.04. The SMILES string of the molecule is NCCC#Cc1cncc(-c2cccc(-c3cncc(CCCCN)c3)c2)c1. The van der Waals surface area contributed by atoms with Gasteiger partial charge < -0.3 is 11.5 Å². The summed E-state index contributed by atoms with van der Waals surface area (Å²) in [6, 6.07) is 12.7. The molecule has 2 heterocycles. The number of nitrogens with zero attached hydrogens (tertiary/aromatic N) is 2. The van der Waals surface area contributed by atoms with Gasteiger partial charge in [-0.2, -0.15) is 0 Å². The number of hydrogen-bond donors (Lipinski definition) is 2. The maximum Gasteiger partial charge on any atom is 0.0434 e. The number of aromatic nitrogens is 2. The van der Waals surface area contributed by atoms with Gasteiger partial charge in [-0.15, -0.1) is 0 Å². The number of nitrogens with two attached hydrogens (primary N) is 2. The summed E-state index contributed by atoms with van der Waals surface area (Å²) in [5.41, 5.74) is 17.7. The van der Waals surface area contributed by atoms with Gasteiger partial charge in [-0.3, -0.25) is 9.97 Å². The molecular weight excluding hydrogens is 344 g/mol. The van der Waals surface area contributed by atoms with Crippen LogP contribution in [0.5, 0.6) is 0 Å². The molecule has 3 aromatic rings. The van der Waals surface area contributed by atoms with E-state index in [0.29, 0.717) is 13.0 Å². The lowest BCUT2D eigenvalue weighted by Crippen LogP contribution is -1.99. The van der Waals surface area contributed by atoms with Crippen LogP contribution >= 0.6 is 0 Å². The molecule has 0 aliphatic rings. The first-order chi connectivity index (χ1) is 13.8. The Bertz CT molecular complexity index is 969. The Balaban J connectivity index is 1.84. The lowest BCUT2D eigenvalue weighted by Gasteiger charge is -2.08. The zero-order chi connectivity index (χ0) is 19.6. The Hall–Kier alpha value is -3.00. The minimum absolute atomic E-state index is 0.571. The van der Waals surface area contributed by atoms with Crippen LogP contribution in [0.25, 0.3) is 22.3 Å². The highest BCUT2D eigenvalue weighted by Crippen LogP contribution is 2.26. The summed E-state index contributed by atoms with van der Waals surface area (Å²) in [5, 5.41) is 0. The fourth-order valence-electron chi connectivity index (χ4n) is 3.04. The summed E-state index contributed by atoms with van der Waals surface area (Å²) in [6.45, 7) is 1.31. The third-order valence-corrected chi connectivity index (χ3v) is 4.48. The second kappa shape index (κ2) is 10.4. The average molecular weight is 371 g/mol. The van der Waals surface area contributed by atoms with Crippen molar-refractivity contribution in [2.45, 2.75) is 25.7 Å². The first-order valence-corrected chi connectivity index (χ1v) is 9.69. The molecule has 0 fully saturated rings. The van der Waals surface area contributed by atoms with Gasteiger partial charge in [0.25, 0.3) is 0 Å². The number of pyridine rings is 2. The van der Waals surface area contributed by atoms with Gasteiger partial charge in [0.05, 0.1) is 0 Å². The average Bonchev–Trinajstić information content (AvgIpc) is 2.75. The largest absolute Gasteiger partial charge is 0.330 e. The van der Waals surface area contributed by atoms with Crippen molar-refractivity contribution < 1.29 is 0 Å². The van der Waals surface area contributed by atoms with E-state index >= 15 is 0 Å². The van der Waals surface area contributed by atoms with Crippen molar-refractivity contribution in [2.24, 2.45) is 11.5 Å². The van der Waals surface area contributed by atoms with Gasteiger partial charge >= 0.3 is 0 Å². The van der Waals surface area contributed by atoms with E-state index in [9.17, 15) is 0 Å². The highest BCUT2D eigenvalue weighted by Gasteiger charge is 2.05. The van der Waals surface area contributed by atoms with E-state index in [1.807, 2.05) is 18.6 Å². The summed E-state index contributed by atoms with van der Waals surface area (Å²) in [4.78, 5) is 8.77. The van der Waals surface area contributed by atoms with E-state index in [0.717, 1.165) is 53.6 Å². The standard InChI is InChI=1S/C24H26N4/c25-10-3-1-6-19-12-23(17-27-15-19)21-8-5-9-22(14-21)24-13-20(16-28-18-24)7-2-4-11-26/h5,8-9,12-18H,1,3-4,6,10-11,25-26H2. The maximum absolute atomic E-state index is 5.60. The molecule has 3 rings (SSSR count). The van der Waals surface area contributed by atoms with Crippen molar-refractivity contribution in [3.63, 3.8) is 0 Å². The Kier molecular flexibility index (Phi) is 7.31. The Morgan fingerprint density at radius 2 is 1.50 bits per heavy atom. The van der Waals surface area contributed by atoms with Gasteiger partial charge in [-0.1, -0.05) is 30.0 Å². The lowest BCUT2D eigenvalue weighted by molar-refractivity contribution is 0.743. The molecule has 0 radical (unpaired) electrons. The van der Waals surface area contributed by atoms with Gasteiger partial charge in [0.1, 0.15) is 0 Å². The molecule has 28 heavy (non-hydrogen) atoms. The van der Waals surface area contributed by atoms with Crippen LogP contribution in [0.15, 0.2) is 61.2 Å². The second-order valence-electron chi connectivity index (χ2n) is 6.71. The number of aryl methyl sites for hydroxylation is 1. The van der Waals surface area contributed by atoms with Crippen molar-refractivity contribution >= 4 is 0 Å². The van der Waals surface area contributed by atoms with Crippen molar-refractivity contribution in [1.29, 1.82) is 0 Å². The number of rotatable bonds is 7. The second-order valence-corrected chi connectivity index (χ2v) is 6.71. The number of benzene rings is 1. The molecule has 2 aromatic heterocycles. The fraction of sp³-hybridized carbons (Fsp3) is 0.250. The van der Waals surface area contributed by atoms with Crippen LogP contribution < -0.4 is 11.5 Å². The van der Waals surface area contributed by atoms with E-state index in [1.54, 1.807) is 6.20 Å². The molecule has 142 valence electrons. The van der Waals surface area contributed by atoms with E-state index in [1.165, 1.54) is 5.56 Å². The van der Waals surface area contributed by atoms with Crippen LogP contribution in [0.4, 0.5) is 0 Å². The summed E-state index contributed by atoms with van der Waals surface area (Å²) in [6.07, 6.45) is 11.3. The lowest BCUT2D eigenvalue weighted by atomic mass is 9.99. The monoisotopic (exact) mass is 370 g/mol. The predicted molar refractivity (Wildman–Crippen MR) is 115 cm³/mol. The highest BCUT2D eigenvalue weighted by molar-refractivity contribution is 5.73. The van der Waals surface area contributed by atoms with Crippen molar-refractivity contribution in [2.75, 3.05) is 13.1 Å². The maximum atomic E-state index is 5.60. The van der Waals surface area contributed by atoms with Crippen molar-refractivity contribution in [3.05, 3.63) is 72.3 Å². The van der Waals surface area contributed by atoms with Gasteiger partial charge in [0.2, 0.25) is 0 Å². The quantitative estimate of drug-likeness (QED) is 0.490. The molecule has 0 amide bonds. The van der Waals surface area contributed by atoms with E-state index in [4.69, 9.17) is 11.5 Å². The molecule has 0 atom stereocenters. The smallest absolute Gasteiger partial charge is 0.0434 e. The Labute approximate surface area is 167 Å². The third kappa shape index (κ3) is 5.50. The zero-order valence-electron chi connectivity index (χ0n) is 16.1. The van der Waals surface area contributed by atoms with Crippen LogP contribution in [0.1, 0.15) is 30.4 Å². The highest BCUT2D eigenvalue weighted by atomic mass is 14.6. The molecule has 0 aliphatic heterocycles. The van der Waals surface area contributed by atoms with E-state index < -0.39 is 0 Å². The van der Waals surface area contributed by atoms with Crippen LogP contribution in [0.2, 0.25) is 0 Å². The van der Waals surface area contributed by atoms with Gasteiger partial charge in [-0.25, -0.2) is 0 Å². The first-order valence-electron chi connectivity index (χ1n) is 9.69. The van der Waals surface area contributed by atoms with Crippen LogP contribution in [0, 0.1) is 11.8 Å². The summed E-state index contributed by atoms with van der Waals surface area (Å²) in [5.74, 6) is 6.19. The van der Waals surface area contributed by atoms with E-state index in [-0.39, 0.29) is 0 Å². The van der Waals surface area contributed by atoms with Crippen LogP contribution in [0.3, 0.4) is 0 Å². The first kappa shape index (κ1) is 19.8. The number of unbranched alkanes of at least 4 members (excludes halogenated alkanes) is 1. The summed E-state index contributed by atoms with van der Waals surface area (Å²) >= 11 is 0. The van der Waals surface area contributed by atoms with Gasteiger partial charge in [-0.05, 0) is 60.7 Å². The van der Waals surface area contributed by atoms with Gasteiger partial charge in [0, 0.05) is 54.4 Å². The molecular formula is C24H26N4. The van der Waals surface area contributed by atoms with Crippen LogP contribution in [-0.4, -0.2) is 23.1 Å². The van der Waals surface area contributed by atoms with Crippen molar-refractivity contribution in [3.8, 4) is 34.1 Å². The molecule has 0 spiro atoms. The molecule has 0 unspecified atom stereocenters. The molecule has 4 nitrogen and oxygen atoms in total. The topological polar surface area (TPSA) is 77.8 Å². The molecule has 1 aromatic carbocycles. The molecule has 0 saturated carbocycles. The minimum atomic E-state index is 0.571. The predicted octanol–water partition coefficient (Wildman–Crippen LogP) is 3.79. The molecule has 0 bridgehead atoms. The molecule has 4 N–H and O–H groups in total. The normalized spacial score (nSPS) is 10.4. The molecule has 0 saturated heterocycles. The van der Waals surface area contributed by atoms with Crippen LogP contribution in [-0.2, 0) is 6.42 Å². The van der Waals surface area contributed by atoms with E-state index in [2.05, 4.69) is 58.2 Å². The molecule has 0 aliphatic carbocycles. The minimum Gasteiger partial charge on any atom is -0.330 e. The summed E-state index contributed by atoms with van der Waals surface area (Å²) < 4.78 is 0. The summed E-state index contributed by atoms with van der Waals surface area (Å²) in [7, 11) is 0. The number of hydrogen-bond acceptors (Lipinski definition) is 4.